The van der Waals surface area contributed by atoms with E-state index >= 15 is 0 Å². The molecular formula is C25H34N4O2S2. The molecule has 0 aliphatic carbocycles. The van der Waals surface area contributed by atoms with Crippen LogP contribution in [0.4, 0.5) is 5.82 Å². The van der Waals surface area contributed by atoms with Crippen molar-refractivity contribution in [3.05, 3.63) is 31.9 Å². The van der Waals surface area contributed by atoms with Gasteiger partial charge >= 0.3 is 0 Å². The molecule has 2 aliphatic rings. The summed E-state index contributed by atoms with van der Waals surface area (Å²) in [5, 5.41) is 9.81. The number of unbranched alkanes of at least 4 members (excludes halogenated alkanes) is 1. The fraction of sp³-hybridized carbons (Fsp3) is 0.600. The molecule has 0 saturated carbocycles. The average Bonchev–Trinajstić information content (AvgIpc) is 3.02. The molecule has 2 saturated heterocycles. The maximum Gasteiger partial charge on any atom is 0.270 e. The molecule has 0 N–H and O–H groups in total. The highest BCUT2D eigenvalue weighted by Gasteiger charge is 2.34. The number of amides is 1. The quantitative estimate of drug-likeness (QED) is 0.402. The number of nitrogens with zero attached hydrogens (tertiary/aromatic N) is 4. The molecule has 0 spiro atoms. The van der Waals surface area contributed by atoms with E-state index in [1.54, 1.807) is 9.47 Å². The third-order valence-electron chi connectivity index (χ3n) is 6.23. The summed E-state index contributed by atoms with van der Waals surface area (Å²) in [6, 6.07) is 2.13. The van der Waals surface area contributed by atoms with E-state index in [2.05, 4.69) is 38.7 Å². The van der Waals surface area contributed by atoms with Crippen molar-refractivity contribution >= 4 is 46.1 Å². The highest BCUT2D eigenvalue weighted by Crippen LogP contribution is 2.37. The summed E-state index contributed by atoms with van der Waals surface area (Å²) < 4.78 is 2.33. The second kappa shape index (κ2) is 10.9. The number of thioether (sulfide) groups is 1. The number of rotatable bonds is 7. The predicted octanol–water partition coefficient (Wildman–Crippen LogP) is 4.92. The minimum atomic E-state index is -0.235. The lowest BCUT2D eigenvalue weighted by Gasteiger charge is -2.36. The van der Waals surface area contributed by atoms with Crippen LogP contribution in [-0.4, -0.2) is 39.3 Å². The Morgan fingerprint density at radius 3 is 2.67 bits per heavy atom. The maximum atomic E-state index is 13.3. The molecule has 0 bridgehead atoms. The van der Waals surface area contributed by atoms with Crippen molar-refractivity contribution in [1.82, 2.24) is 9.47 Å². The Kier molecular flexibility index (Phi) is 8.41. The van der Waals surface area contributed by atoms with Gasteiger partial charge in [0.15, 0.2) is 0 Å². The van der Waals surface area contributed by atoms with Crippen LogP contribution in [0.2, 0.25) is 0 Å². The van der Waals surface area contributed by atoms with Crippen molar-refractivity contribution in [2.24, 2.45) is 11.8 Å². The summed E-state index contributed by atoms with van der Waals surface area (Å²) in [5.41, 5.74) is 1.35. The van der Waals surface area contributed by atoms with Gasteiger partial charge in [-0.2, -0.15) is 5.26 Å². The number of piperidine rings is 1. The first-order chi connectivity index (χ1) is 15.7. The number of carbonyl (C=O) groups is 1. The van der Waals surface area contributed by atoms with E-state index in [-0.39, 0.29) is 17.0 Å². The van der Waals surface area contributed by atoms with Gasteiger partial charge in [0.1, 0.15) is 21.8 Å². The number of nitriles is 1. The molecule has 1 aromatic heterocycles. The molecule has 178 valence electrons. The zero-order valence-electron chi connectivity index (χ0n) is 20.3. The van der Waals surface area contributed by atoms with Gasteiger partial charge in [-0.3, -0.25) is 19.1 Å². The fourth-order valence-electron chi connectivity index (χ4n) is 4.54. The highest BCUT2D eigenvalue weighted by atomic mass is 32.2. The second-order valence-electron chi connectivity index (χ2n) is 9.54. The van der Waals surface area contributed by atoms with Crippen LogP contribution in [0.15, 0.2) is 9.70 Å². The van der Waals surface area contributed by atoms with Gasteiger partial charge in [-0.1, -0.05) is 58.1 Å². The topological polar surface area (TPSA) is 69.3 Å². The largest absolute Gasteiger partial charge is 0.357 e. The molecule has 1 unspecified atom stereocenters. The summed E-state index contributed by atoms with van der Waals surface area (Å²) in [5.74, 6) is 1.56. The van der Waals surface area contributed by atoms with Gasteiger partial charge in [-0.05, 0) is 49.7 Å². The zero-order chi connectivity index (χ0) is 24.3. The first kappa shape index (κ1) is 25.5. The number of hydrogen-bond donors (Lipinski definition) is 0. The Bertz CT molecular complexity index is 1070. The monoisotopic (exact) mass is 486 g/mol. The van der Waals surface area contributed by atoms with Gasteiger partial charge in [0.25, 0.3) is 11.5 Å². The Morgan fingerprint density at radius 2 is 2.06 bits per heavy atom. The van der Waals surface area contributed by atoms with E-state index in [9.17, 15) is 14.9 Å². The summed E-state index contributed by atoms with van der Waals surface area (Å²) >= 11 is 6.80. The van der Waals surface area contributed by atoms with E-state index in [1.165, 1.54) is 11.8 Å². The molecular weight excluding hydrogens is 452 g/mol. The van der Waals surface area contributed by atoms with Crippen LogP contribution < -0.4 is 10.5 Å². The third-order valence-corrected chi connectivity index (χ3v) is 7.61. The van der Waals surface area contributed by atoms with Crippen LogP contribution in [0.5, 0.6) is 0 Å². The molecule has 1 atom stereocenters. The fourth-order valence-corrected chi connectivity index (χ4v) is 5.80. The molecule has 2 aliphatic heterocycles. The van der Waals surface area contributed by atoms with Crippen LogP contribution >= 0.6 is 24.0 Å². The van der Waals surface area contributed by atoms with Crippen LogP contribution in [-0.2, 0) is 11.3 Å². The molecule has 1 amide bonds. The number of thiocarbonyl (C=S) groups is 1. The van der Waals surface area contributed by atoms with Crippen LogP contribution in [0.1, 0.15) is 70.1 Å². The van der Waals surface area contributed by atoms with Crippen LogP contribution in [0.25, 0.3) is 6.08 Å². The van der Waals surface area contributed by atoms with Crippen molar-refractivity contribution in [2.45, 2.75) is 66.8 Å². The molecule has 0 radical (unpaired) electrons. The Balaban J connectivity index is 2.22. The average molecular weight is 487 g/mol. The number of anilines is 1. The minimum absolute atomic E-state index is 0.0964. The predicted molar refractivity (Wildman–Crippen MR) is 140 cm³/mol. The molecule has 2 fully saturated rings. The van der Waals surface area contributed by atoms with E-state index in [1.807, 2.05) is 13.0 Å². The lowest BCUT2D eigenvalue weighted by atomic mass is 9.98. The first-order valence-electron chi connectivity index (χ1n) is 11.9. The number of aromatic nitrogens is 1. The van der Waals surface area contributed by atoms with E-state index < -0.39 is 0 Å². The van der Waals surface area contributed by atoms with Crippen LogP contribution in [0.3, 0.4) is 0 Å². The first-order valence-corrected chi connectivity index (χ1v) is 13.1. The molecule has 3 heterocycles. The smallest absolute Gasteiger partial charge is 0.270 e. The van der Waals surface area contributed by atoms with Crippen molar-refractivity contribution < 1.29 is 4.79 Å². The molecule has 3 rings (SSSR count). The second-order valence-corrected chi connectivity index (χ2v) is 11.2. The summed E-state index contributed by atoms with van der Waals surface area (Å²) in [6.45, 7) is 13.1. The summed E-state index contributed by atoms with van der Waals surface area (Å²) in [4.78, 5) is 31.0. The molecule has 1 aromatic rings. The summed E-state index contributed by atoms with van der Waals surface area (Å²) in [7, 11) is 0. The van der Waals surface area contributed by atoms with E-state index in [4.69, 9.17) is 12.2 Å². The minimum Gasteiger partial charge on any atom is -0.357 e. The lowest BCUT2D eigenvalue weighted by Crippen LogP contribution is -2.40. The van der Waals surface area contributed by atoms with Crippen molar-refractivity contribution in [3.63, 3.8) is 0 Å². The van der Waals surface area contributed by atoms with Gasteiger partial charge in [0.2, 0.25) is 0 Å². The summed E-state index contributed by atoms with van der Waals surface area (Å²) in [6.07, 6.45) is 5.87. The normalized spacial score (nSPS) is 20.3. The number of hydrogen-bond acceptors (Lipinski definition) is 6. The maximum absolute atomic E-state index is 13.3. The SMILES string of the molecule is CCCCn1c(N2CCCC(C)C2)c(/C=C2\SC(=S)N(CC(C)C)C2=O)c(C)c(C#N)c1=O. The Morgan fingerprint density at radius 1 is 1.33 bits per heavy atom. The van der Waals surface area contributed by atoms with E-state index in [0.717, 1.165) is 50.2 Å². The highest BCUT2D eigenvalue weighted by molar-refractivity contribution is 8.26. The van der Waals surface area contributed by atoms with Gasteiger partial charge in [-0.15, -0.1) is 0 Å². The molecule has 0 aromatic carbocycles. The van der Waals surface area contributed by atoms with E-state index in [0.29, 0.717) is 39.7 Å². The number of carbonyl (C=O) groups excluding carboxylic acids is 1. The zero-order valence-corrected chi connectivity index (χ0v) is 21.9. The van der Waals surface area contributed by atoms with Crippen molar-refractivity contribution in [1.29, 1.82) is 5.26 Å². The van der Waals surface area contributed by atoms with Crippen LogP contribution in [0, 0.1) is 30.1 Å². The van der Waals surface area contributed by atoms with Gasteiger partial charge in [-0.25, -0.2) is 0 Å². The van der Waals surface area contributed by atoms with Crippen molar-refractivity contribution in [2.75, 3.05) is 24.5 Å². The Labute approximate surface area is 206 Å². The molecule has 6 nitrogen and oxygen atoms in total. The third kappa shape index (κ3) is 5.36. The van der Waals surface area contributed by atoms with Crippen molar-refractivity contribution in [3.8, 4) is 6.07 Å². The standard InChI is InChI=1S/C25H34N4O2S2/c1-6-7-11-28-22(27-10-8-9-17(4)15-27)19(18(5)20(13-26)23(28)30)12-21-24(31)29(14-16(2)3)25(32)33-21/h12,16-17H,6-11,14-15H2,1-5H3/b21-12-. The molecule has 33 heavy (non-hydrogen) atoms. The van der Waals surface area contributed by atoms with Gasteiger partial charge in [0, 0.05) is 31.7 Å². The Hall–Kier alpha value is -2.11. The molecule has 8 heteroatoms. The number of pyridine rings is 1. The van der Waals surface area contributed by atoms with Gasteiger partial charge in [0.05, 0.1) is 4.91 Å². The lowest BCUT2D eigenvalue weighted by molar-refractivity contribution is -0.122. The van der Waals surface area contributed by atoms with Gasteiger partial charge < -0.3 is 4.90 Å².